The van der Waals surface area contributed by atoms with Crippen LogP contribution in [0.5, 0.6) is 0 Å². The third-order valence-electron chi connectivity index (χ3n) is 2.23. The predicted molar refractivity (Wildman–Crippen MR) is 83.4 cm³/mol. The Morgan fingerprint density at radius 3 is 2.09 bits per heavy atom. The molecular weight excluding hydrogens is 354 g/mol. The fourth-order valence-electron chi connectivity index (χ4n) is 1.51. The van der Waals surface area contributed by atoms with E-state index >= 15 is 0 Å². The van der Waals surface area contributed by atoms with Crippen molar-refractivity contribution in [1.82, 2.24) is 15.3 Å². The quantitative estimate of drug-likeness (QED) is 0.874. The highest BCUT2D eigenvalue weighted by Gasteiger charge is 2.27. The number of alkyl carbamates (subject to hydrolysis) is 2. The fourth-order valence-corrected chi connectivity index (χ4v) is 1.72. The van der Waals surface area contributed by atoms with Crippen LogP contribution < -0.4 is 5.32 Å². The van der Waals surface area contributed by atoms with E-state index < -0.39 is 23.4 Å². The Morgan fingerprint density at radius 2 is 1.59 bits per heavy atom. The Hall–Kier alpha value is -1.70. The van der Waals surface area contributed by atoms with Crippen LogP contribution in [0.25, 0.3) is 0 Å². The monoisotopic (exact) mass is 373 g/mol. The molecule has 0 unspecified atom stereocenters. The van der Waals surface area contributed by atoms with Gasteiger partial charge in [0.1, 0.15) is 17.0 Å². The van der Waals surface area contributed by atoms with Crippen molar-refractivity contribution in [3.63, 3.8) is 0 Å². The molecule has 1 aromatic rings. The zero-order valence-electron chi connectivity index (χ0n) is 13.3. The Balaban J connectivity index is 2.54. The number of carbonyl (C=O) groups excluding carboxylic acids is 2. The summed E-state index contributed by atoms with van der Waals surface area (Å²) in [5.41, 5.74) is -1.56. The molecule has 0 bridgehead atoms. The average molecular weight is 374 g/mol. The van der Waals surface area contributed by atoms with Gasteiger partial charge in [-0.25, -0.2) is 24.9 Å². The zero-order chi connectivity index (χ0) is 17.0. The zero-order valence-corrected chi connectivity index (χ0v) is 14.9. The van der Waals surface area contributed by atoms with Crippen molar-refractivity contribution < 1.29 is 19.1 Å². The maximum absolute atomic E-state index is 11.7. The molecule has 1 heterocycles. The third-order valence-corrected chi connectivity index (χ3v) is 2.64. The highest BCUT2D eigenvalue weighted by atomic mass is 79.9. The molecule has 0 aliphatic rings. The van der Waals surface area contributed by atoms with E-state index in [4.69, 9.17) is 9.47 Å². The van der Waals surface area contributed by atoms with Crippen LogP contribution in [0.2, 0.25) is 0 Å². The Labute approximate surface area is 137 Å². The van der Waals surface area contributed by atoms with Crippen LogP contribution in [-0.4, -0.2) is 33.4 Å². The summed E-state index contributed by atoms with van der Waals surface area (Å²) in [5, 5.41) is 2.02. The van der Waals surface area contributed by atoms with Crippen LogP contribution >= 0.6 is 15.9 Å². The minimum absolute atomic E-state index is 0.308. The second-order valence-corrected chi connectivity index (χ2v) is 7.19. The van der Waals surface area contributed by atoms with Gasteiger partial charge in [-0.2, -0.15) is 0 Å². The van der Waals surface area contributed by atoms with Crippen LogP contribution in [-0.2, 0) is 15.9 Å². The van der Waals surface area contributed by atoms with E-state index in [0.717, 1.165) is 4.47 Å². The molecule has 22 heavy (non-hydrogen) atoms. The van der Waals surface area contributed by atoms with Gasteiger partial charge in [0.15, 0.2) is 0 Å². The number of imide groups is 1. The third kappa shape index (κ3) is 7.35. The molecular formula is C14H20BrN3O4. The number of aromatic nitrogens is 2. The minimum Gasteiger partial charge on any atom is -0.443 e. The SMILES string of the molecule is CC(C)(C)OC(=O)NC(=O)OC(C)(C)Cc1ncc(Br)cn1. The summed E-state index contributed by atoms with van der Waals surface area (Å²) in [4.78, 5) is 31.4. The van der Waals surface area contributed by atoms with Crippen LogP contribution in [0.15, 0.2) is 16.9 Å². The first-order chi connectivity index (χ1) is 9.97. The van der Waals surface area contributed by atoms with Crippen molar-refractivity contribution in [3.05, 3.63) is 22.7 Å². The summed E-state index contributed by atoms with van der Waals surface area (Å²) in [6, 6.07) is 0. The molecule has 1 aromatic heterocycles. The number of carbonyl (C=O) groups is 2. The topological polar surface area (TPSA) is 90.4 Å². The summed E-state index contributed by atoms with van der Waals surface area (Å²) in [7, 11) is 0. The van der Waals surface area contributed by atoms with Crippen molar-refractivity contribution >= 4 is 28.1 Å². The van der Waals surface area contributed by atoms with Gasteiger partial charge in [-0.3, -0.25) is 0 Å². The molecule has 0 aliphatic heterocycles. The Bertz CT molecular complexity index is 538. The number of nitrogens with zero attached hydrogens (tertiary/aromatic N) is 2. The van der Waals surface area contributed by atoms with Gasteiger partial charge in [0.25, 0.3) is 0 Å². The molecule has 0 saturated carbocycles. The van der Waals surface area contributed by atoms with Crippen molar-refractivity contribution in [1.29, 1.82) is 0 Å². The van der Waals surface area contributed by atoms with Gasteiger partial charge in [0, 0.05) is 18.8 Å². The summed E-state index contributed by atoms with van der Waals surface area (Å²) in [5.74, 6) is 0.526. The molecule has 0 radical (unpaired) electrons. The van der Waals surface area contributed by atoms with Gasteiger partial charge in [-0.15, -0.1) is 0 Å². The first-order valence-corrected chi connectivity index (χ1v) is 7.45. The normalized spacial score (nSPS) is 11.7. The van der Waals surface area contributed by atoms with Gasteiger partial charge < -0.3 is 9.47 Å². The smallest absolute Gasteiger partial charge is 0.417 e. The van der Waals surface area contributed by atoms with Gasteiger partial charge in [0.05, 0.1) is 4.47 Å². The van der Waals surface area contributed by atoms with Gasteiger partial charge in [-0.05, 0) is 50.5 Å². The molecule has 0 fully saturated rings. The molecule has 1 rings (SSSR count). The maximum atomic E-state index is 11.7. The van der Waals surface area contributed by atoms with E-state index in [1.54, 1.807) is 47.0 Å². The number of rotatable bonds is 3. The lowest BCUT2D eigenvalue weighted by Gasteiger charge is -2.25. The summed E-state index contributed by atoms with van der Waals surface area (Å²) >= 11 is 3.24. The lowest BCUT2D eigenvalue weighted by atomic mass is 10.1. The first-order valence-electron chi connectivity index (χ1n) is 6.66. The van der Waals surface area contributed by atoms with Crippen LogP contribution in [0.1, 0.15) is 40.4 Å². The van der Waals surface area contributed by atoms with Crippen molar-refractivity contribution in [2.45, 2.75) is 52.2 Å². The van der Waals surface area contributed by atoms with E-state index in [1.807, 2.05) is 5.32 Å². The number of ether oxygens (including phenoxy) is 2. The molecule has 0 aliphatic carbocycles. The standard InChI is InChI=1S/C14H20BrN3O4/c1-13(2,3)21-11(19)18-12(20)22-14(4,5)6-10-16-7-9(15)8-17-10/h7-8H,6H2,1-5H3,(H,18,19,20). The molecule has 0 aromatic carbocycles. The summed E-state index contributed by atoms with van der Waals surface area (Å²) < 4.78 is 10.9. The van der Waals surface area contributed by atoms with E-state index in [-0.39, 0.29) is 0 Å². The fraction of sp³-hybridized carbons (Fsp3) is 0.571. The number of halogens is 1. The Kier molecular flexibility index (Phi) is 5.87. The molecule has 2 amide bonds. The lowest BCUT2D eigenvalue weighted by molar-refractivity contribution is 0.0272. The molecule has 0 saturated heterocycles. The number of nitrogens with one attached hydrogen (secondary N) is 1. The van der Waals surface area contributed by atoms with E-state index in [9.17, 15) is 9.59 Å². The molecule has 8 heteroatoms. The number of hydrogen-bond acceptors (Lipinski definition) is 6. The van der Waals surface area contributed by atoms with Gasteiger partial charge in [0.2, 0.25) is 0 Å². The van der Waals surface area contributed by atoms with Crippen molar-refractivity contribution in [3.8, 4) is 0 Å². The number of amides is 2. The van der Waals surface area contributed by atoms with Crippen molar-refractivity contribution in [2.75, 3.05) is 0 Å². The lowest BCUT2D eigenvalue weighted by Crippen LogP contribution is -2.41. The molecule has 122 valence electrons. The van der Waals surface area contributed by atoms with E-state index in [2.05, 4.69) is 25.9 Å². The van der Waals surface area contributed by atoms with E-state index in [1.165, 1.54) is 0 Å². The van der Waals surface area contributed by atoms with E-state index in [0.29, 0.717) is 12.2 Å². The highest BCUT2D eigenvalue weighted by molar-refractivity contribution is 9.10. The Morgan fingerprint density at radius 1 is 1.09 bits per heavy atom. The van der Waals surface area contributed by atoms with Crippen molar-refractivity contribution in [2.24, 2.45) is 0 Å². The van der Waals surface area contributed by atoms with Gasteiger partial charge >= 0.3 is 12.2 Å². The molecule has 1 N–H and O–H groups in total. The molecule has 0 spiro atoms. The highest BCUT2D eigenvalue weighted by Crippen LogP contribution is 2.16. The first kappa shape index (κ1) is 18.3. The predicted octanol–water partition coefficient (Wildman–Crippen LogP) is 3.22. The maximum Gasteiger partial charge on any atom is 0.417 e. The minimum atomic E-state index is -0.878. The average Bonchev–Trinajstić information content (AvgIpc) is 2.27. The largest absolute Gasteiger partial charge is 0.443 e. The van der Waals surface area contributed by atoms with Gasteiger partial charge in [-0.1, -0.05) is 0 Å². The van der Waals surface area contributed by atoms with Crippen LogP contribution in [0, 0.1) is 0 Å². The summed E-state index contributed by atoms with van der Waals surface area (Å²) in [6.07, 6.45) is 1.80. The molecule has 0 atom stereocenters. The second-order valence-electron chi connectivity index (χ2n) is 6.27. The number of hydrogen-bond donors (Lipinski definition) is 1. The van der Waals surface area contributed by atoms with Crippen LogP contribution in [0.4, 0.5) is 9.59 Å². The van der Waals surface area contributed by atoms with Crippen LogP contribution in [0.3, 0.4) is 0 Å². The second kappa shape index (κ2) is 7.04. The summed E-state index contributed by atoms with van der Waals surface area (Å²) in [6.45, 7) is 8.51. The molecule has 7 nitrogen and oxygen atoms in total.